The van der Waals surface area contributed by atoms with Crippen molar-refractivity contribution in [2.24, 2.45) is 0 Å². The lowest BCUT2D eigenvalue weighted by molar-refractivity contribution is -0.124. The first-order valence-electron chi connectivity index (χ1n) is 6.75. The summed E-state index contributed by atoms with van der Waals surface area (Å²) in [5, 5.41) is 12.9. The summed E-state index contributed by atoms with van der Waals surface area (Å²) in [6, 6.07) is 12.3. The smallest absolute Gasteiger partial charge is 0.223 e. The number of ether oxygens (including phenoxy) is 1. The molecule has 0 fully saturated rings. The van der Waals surface area contributed by atoms with E-state index in [9.17, 15) is 9.90 Å². The van der Waals surface area contributed by atoms with Crippen molar-refractivity contribution < 1.29 is 19.1 Å². The van der Waals surface area contributed by atoms with Crippen LogP contribution in [-0.2, 0) is 9.53 Å². The molecule has 2 N–H and O–H groups in total. The maximum absolute atomic E-state index is 12.0. The largest absolute Gasteiger partial charge is 0.467 e. The maximum Gasteiger partial charge on any atom is 0.223 e. The number of methoxy groups -OCH3 is 1. The molecule has 0 aliphatic carbocycles. The minimum atomic E-state index is -0.828. The molecular weight excluding hydrogens is 270 g/mol. The molecule has 5 heteroatoms. The van der Waals surface area contributed by atoms with Gasteiger partial charge < -0.3 is 19.6 Å². The van der Waals surface area contributed by atoms with Crippen molar-refractivity contribution in [1.82, 2.24) is 5.32 Å². The molecule has 0 saturated heterocycles. The summed E-state index contributed by atoms with van der Waals surface area (Å²) in [5.41, 5.74) is 0.717. The number of benzene rings is 1. The zero-order chi connectivity index (χ0) is 15.1. The molecule has 1 amide bonds. The number of hydrogen-bond donors (Lipinski definition) is 2. The third-order valence-electron chi connectivity index (χ3n) is 3.12. The Bertz CT molecular complexity index is 539. The second-order valence-corrected chi connectivity index (χ2v) is 4.72. The summed E-state index contributed by atoms with van der Waals surface area (Å²) in [4.78, 5) is 12.0. The predicted octanol–water partition coefficient (Wildman–Crippen LogP) is 2.21. The fourth-order valence-electron chi connectivity index (χ4n) is 2.07. The molecule has 0 radical (unpaired) electrons. The quantitative estimate of drug-likeness (QED) is 0.819. The van der Waals surface area contributed by atoms with Gasteiger partial charge in [0.1, 0.15) is 11.8 Å². The SMILES string of the molecule is COCC(NC(=O)CC(O)c1ccccc1)c1ccco1. The number of furan rings is 1. The van der Waals surface area contributed by atoms with Crippen LogP contribution in [0.2, 0.25) is 0 Å². The first-order valence-corrected chi connectivity index (χ1v) is 6.75. The average Bonchev–Trinajstić information content (AvgIpc) is 3.02. The molecule has 2 rings (SSSR count). The number of carbonyl (C=O) groups is 1. The summed E-state index contributed by atoms with van der Waals surface area (Å²) in [6.45, 7) is 0.306. The van der Waals surface area contributed by atoms with Gasteiger partial charge in [0.2, 0.25) is 5.91 Å². The predicted molar refractivity (Wildman–Crippen MR) is 77.5 cm³/mol. The highest BCUT2D eigenvalue weighted by Gasteiger charge is 2.19. The number of hydrogen-bond acceptors (Lipinski definition) is 4. The van der Waals surface area contributed by atoms with E-state index in [-0.39, 0.29) is 18.4 Å². The van der Waals surface area contributed by atoms with Gasteiger partial charge in [-0.3, -0.25) is 4.79 Å². The Morgan fingerprint density at radius 3 is 2.67 bits per heavy atom. The molecule has 112 valence electrons. The lowest BCUT2D eigenvalue weighted by Gasteiger charge is -2.17. The van der Waals surface area contributed by atoms with Crippen LogP contribution in [0.1, 0.15) is 29.9 Å². The fourth-order valence-corrected chi connectivity index (χ4v) is 2.07. The van der Waals surface area contributed by atoms with Crippen LogP contribution in [0, 0.1) is 0 Å². The summed E-state index contributed by atoms with van der Waals surface area (Å²) in [6.07, 6.45) is 0.708. The third kappa shape index (κ3) is 4.44. The molecule has 1 aromatic heterocycles. The molecule has 2 atom stereocenters. The molecule has 0 aliphatic rings. The summed E-state index contributed by atoms with van der Waals surface area (Å²) in [5.74, 6) is 0.365. The molecular formula is C16H19NO4. The highest BCUT2D eigenvalue weighted by Crippen LogP contribution is 2.18. The Morgan fingerprint density at radius 2 is 2.05 bits per heavy atom. The number of amides is 1. The number of rotatable bonds is 7. The van der Waals surface area contributed by atoms with Crippen molar-refractivity contribution in [3.63, 3.8) is 0 Å². The lowest BCUT2D eigenvalue weighted by atomic mass is 10.1. The van der Waals surface area contributed by atoms with Gasteiger partial charge in [-0.25, -0.2) is 0 Å². The van der Waals surface area contributed by atoms with Gasteiger partial charge in [0.05, 0.1) is 25.4 Å². The standard InChI is InChI=1S/C16H19NO4/c1-20-11-13(15-8-5-9-21-15)17-16(19)10-14(18)12-6-3-2-4-7-12/h2-9,13-14,18H,10-11H2,1H3,(H,17,19). The van der Waals surface area contributed by atoms with E-state index >= 15 is 0 Å². The molecule has 0 bridgehead atoms. The van der Waals surface area contributed by atoms with E-state index in [1.807, 2.05) is 18.2 Å². The van der Waals surface area contributed by atoms with E-state index in [1.54, 1.807) is 37.6 Å². The Labute approximate surface area is 123 Å². The molecule has 1 aromatic carbocycles. The van der Waals surface area contributed by atoms with Gasteiger partial charge >= 0.3 is 0 Å². The van der Waals surface area contributed by atoms with Gasteiger partial charge in [0, 0.05) is 7.11 Å². The van der Waals surface area contributed by atoms with Crippen LogP contribution in [0.15, 0.2) is 53.1 Å². The monoisotopic (exact) mass is 289 g/mol. The number of carbonyl (C=O) groups excluding carboxylic acids is 1. The van der Waals surface area contributed by atoms with Crippen LogP contribution in [0.3, 0.4) is 0 Å². The average molecular weight is 289 g/mol. The molecule has 2 unspecified atom stereocenters. The van der Waals surface area contributed by atoms with Gasteiger partial charge in [-0.1, -0.05) is 30.3 Å². The molecule has 0 spiro atoms. The zero-order valence-corrected chi connectivity index (χ0v) is 11.9. The van der Waals surface area contributed by atoms with Crippen molar-refractivity contribution in [3.05, 3.63) is 60.1 Å². The Hall–Kier alpha value is -2.11. The minimum absolute atomic E-state index is 0.00899. The van der Waals surface area contributed by atoms with Gasteiger partial charge in [-0.15, -0.1) is 0 Å². The van der Waals surface area contributed by atoms with E-state index < -0.39 is 6.10 Å². The highest BCUT2D eigenvalue weighted by atomic mass is 16.5. The molecule has 0 aliphatic heterocycles. The zero-order valence-electron chi connectivity index (χ0n) is 11.9. The third-order valence-corrected chi connectivity index (χ3v) is 3.12. The van der Waals surface area contributed by atoms with Crippen LogP contribution < -0.4 is 5.32 Å². The highest BCUT2D eigenvalue weighted by molar-refractivity contribution is 5.77. The second kappa shape index (κ2) is 7.61. The molecule has 1 heterocycles. The second-order valence-electron chi connectivity index (χ2n) is 4.72. The van der Waals surface area contributed by atoms with E-state index in [0.29, 0.717) is 17.9 Å². The Balaban J connectivity index is 1.93. The van der Waals surface area contributed by atoms with Crippen LogP contribution >= 0.6 is 0 Å². The lowest BCUT2D eigenvalue weighted by Crippen LogP contribution is -2.32. The van der Waals surface area contributed by atoms with Crippen LogP contribution in [0.25, 0.3) is 0 Å². The van der Waals surface area contributed by atoms with E-state index in [4.69, 9.17) is 9.15 Å². The maximum atomic E-state index is 12.0. The van der Waals surface area contributed by atoms with E-state index in [1.165, 1.54) is 0 Å². The van der Waals surface area contributed by atoms with Crippen molar-refractivity contribution in [3.8, 4) is 0 Å². The summed E-state index contributed by atoms with van der Waals surface area (Å²) < 4.78 is 10.4. The van der Waals surface area contributed by atoms with Crippen molar-refractivity contribution in [2.45, 2.75) is 18.6 Å². The van der Waals surface area contributed by atoms with Gasteiger partial charge in [0.15, 0.2) is 0 Å². The van der Waals surface area contributed by atoms with Crippen molar-refractivity contribution >= 4 is 5.91 Å². The first-order chi connectivity index (χ1) is 10.2. The van der Waals surface area contributed by atoms with Gasteiger partial charge in [-0.05, 0) is 17.7 Å². The first kappa shape index (κ1) is 15.3. The van der Waals surface area contributed by atoms with E-state index in [2.05, 4.69) is 5.32 Å². The topological polar surface area (TPSA) is 71.7 Å². The summed E-state index contributed by atoms with van der Waals surface area (Å²) in [7, 11) is 1.56. The number of nitrogens with one attached hydrogen (secondary N) is 1. The Morgan fingerprint density at radius 1 is 1.29 bits per heavy atom. The molecule has 5 nitrogen and oxygen atoms in total. The number of aliphatic hydroxyl groups is 1. The van der Waals surface area contributed by atoms with Gasteiger partial charge in [-0.2, -0.15) is 0 Å². The van der Waals surface area contributed by atoms with E-state index in [0.717, 1.165) is 0 Å². The molecule has 21 heavy (non-hydrogen) atoms. The van der Waals surface area contributed by atoms with Crippen LogP contribution in [-0.4, -0.2) is 24.7 Å². The summed E-state index contributed by atoms with van der Waals surface area (Å²) >= 11 is 0. The van der Waals surface area contributed by atoms with Crippen molar-refractivity contribution in [2.75, 3.05) is 13.7 Å². The number of aliphatic hydroxyl groups excluding tert-OH is 1. The normalized spacial score (nSPS) is 13.6. The minimum Gasteiger partial charge on any atom is -0.467 e. The fraction of sp³-hybridized carbons (Fsp3) is 0.312. The van der Waals surface area contributed by atoms with Gasteiger partial charge in [0.25, 0.3) is 0 Å². The molecule has 0 saturated carbocycles. The van der Waals surface area contributed by atoms with Crippen molar-refractivity contribution in [1.29, 1.82) is 0 Å². The molecule has 2 aromatic rings. The van der Waals surface area contributed by atoms with Crippen LogP contribution in [0.5, 0.6) is 0 Å². The van der Waals surface area contributed by atoms with Crippen LogP contribution in [0.4, 0.5) is 0 Å². The Kier molecular flexibility index (Phi) is 5.54.